The third-order valence-electron chi connectivity index (χ3n) is 3.52. The van der Waals surface area contributed by atoms with E-state index < -0.39 is 0 Å². The SMILES string of the molecule is COc1ccc(-c2noc(COc3ccc(C#N)cc3Cl)n2)cc1OC. The van der Waals surface area contributed by atoms with Crippen molar-refractivity contribution in [1.29, 1.82) is 5.26 Å². The van der Waals surface area contributed by atoms with E-state index in [1.807, 2.05) is 6.07 Å². The van der Waals surface area contributed by atoms with E-state index in [0.717, 1.165) is 0 Å². The summed E-state index contributed by atoms with van der Waals surface area (Å²) < 4.78 is 21.2. The predicted molar refractivity (Wildman–Crippen MR) is 93.3 cm³/mol. The lowest BCUT2D eigenvalue weighted by atomic mass is 10.2. The molecule has 8 heteroatoms. The minimum atomic E-state index is 0.0475. The van der Waals surface area contributed by atoms with Gasteiger partial charge in [0, 0.05) is 5.56 Å². The van der Waals surface area contributed by atoms with Crippen LogP contribution in [0.25, 0.3) is 11.4 Å². The maximum atomic E-state index is 8.84. The summed E-state index contributed by atoms with van der Waals surface area (Å²) in [6.45, 7) is 0.0475. The van der Waals surface area contributed by atoms with E-state index in [-0.39, 0.29) is 12.5 Å². The first-order valence-corrected chi connectivity index (χ1v) is 7.90. The van der Waals surface area contributed by atoms with Crippen LogP contribution in [0.1, 0.15) is 11.5 Å². The summed E-state index contributed by atoms with van der Waals surface area (Å²) in [7, 11) is 3.12. The van der Waals surface area contributed by atoms with E-state index in [0.29, 0.717) is 39.2 Å². The average Bonchev–Trinajstić information content (AvgIpc) is 3.15. The number of halogens is 1. The molecule has 0 aliphatic carbocycles. The standard InChI is InChI=1S/C18H14ClN3O4/c1-23-15-6-4-12(8-16(15)24-2)18-21-17(26-22-18)10-25-14-5-3-11(9-20)7-13(14)19/h3-8H,10H2,1-2H3. The lowest BCUT2D eigenvalue weighted by Crippen LogP contribution is -1.96. The van der Waals surface area contributed by atoms with Crippen LogP contribution in [0.15, 0.2) is 40.9 Å². The molecule has 0 saturated carbocycles. The number of rotatable bonds is 6. The lowest BCUT2D eigenvalue weighted by molar-refractivity contribution is 0.243. The Bertz CT molecular complexity index is 965. The second kappa shape index (κ2) is 7.76. The molecule has 3 aromatic rings. The maximum Gasteiger partial charge on any atom is 0.264 e. The Morgan fingerprint density at radius 3 is 2.54 bits per heavy atom. The zero-order chi connectivity index (χ0) is 18.5. The molecule has 0 radical (unpaired) electrons. The van der Waals surface area contributed by atoms with Crippen LogP contribution in [-0.4, -0.2) is 24.4 Å². The first kappa shape index (κ1) is 17.6. The topological polar surface area (TPSA) is 90.4 Å². The Labute approximate surface area is 154 Å². The summed E-state index contributed by atoms with van der Waals surface area (Å²) in [4.78, 5) is 4.30. The Morgan fingerprint density at radius 2 is 1.85 bits per heavy atom. The highest BCUT2D eigenvalue weighted by Crippen LogP contribution is 2.31. The average molecular weight is 372 g/mol. The van der Waals surface area contributed by atoms with E-state index in [1.165, 1.54) is 6.07 Å². The second-order valence-electron chi connectivity index (χ2n) is 5.13. The summed E-state index contributed by atoms with van der Waals surface area (Å²) >= 11 is 6.07. The molecule has 3 rings (SSSR count). The highest BCUT2D eigenvalue weighted by atomic mass is 35.5. The Balaban J connectivity index is 1.73. The molecule has 1 aromatic heterocycles. The molecular formula is C18H14ClN3O4. The van der Waals surface area contributed by atoms with Crippen molar-refractivity contribution in [1.82, 2.24) is 10.1 Å². The Kier molecular flexibility index (Phi) is 5.25. The minimum absolute atomic E-state index is 0.0475. The van der Waals surface area contributed by atoms with Gasteiger partial charge in [-0.1, -0.05) is 16.8 Å². The van der Waals surface area contributed by atoms with Crippen LogP contribution in [-0.2, 0) is 6.61 Å². The maximum absolute atomic E-state index is 8.84. The quantitative estimate of drug-likeness (QED) is 0.649. The number of hydrogen-bond acceptors (Lipinski definition) is 7. The third-order valence-corrected chi connectivity index (χ3v) is 3.82. The van der Waals surface area contributed by atoms with E-state index in [2.05, 4.69) is 10.1 Å². The van der Waals surface area contributed by atoms with Crippen molar-refractivity contribution >= 4 is 11.6 Å². The number of ether oxygens (including phenoxy) is 3. The molecule has 7 nitrogen and oxygen atoms in total. The minimum Gasteiger partial charge on any atom is -0.493 e. The van der Waals surface area contributed by atoms with E-state index in [9.17, 15) is 0 Å². The largest absolute Gasteiger partial charge is 0.493 e. The molecule has 132 valence electrons. The predicted octanol–water partition coefficient (Wildman–Crippen LogP) is 3.86. The van der Waals surface area contributed by atoms with Crippen LogP contribution in [0.2, 0.25) is 5.02 Å². The fraction of sp³-hybridized carbons (Fsp3) is 0.167. The smallest absolute Gasteiger partial charge is 0.264 e. The summed E-state index contributed by atoms with van der Waals surface area (Å²) in [5, 5.41) is 13.1. The summed E-state index contributed by atoms with van der Waals surface area (Å²) in [6, 6.07) is 12.1. The molecule has 0 bridgehead atoms. The van der Waals surface area contributed by atoms with Crippen LogP contribution < -0.4 is 14.2 Å². The normalized spacial score (nSPS) is 10.2. The van der Waals surface area contributed by atoms with Gasteiger partial charge in [-0.25, -0.2) is 0 Å². The van der Waals surface area contributed by atoms with Crippen molar-refractivity contribution in [3.05, 3.63) is 52.9 Å². The zero-order valence-electron chi connectivity index (χ0n) is 14.0. The van der Waals surface area contributed by atoms with Gasteiger partial charge in [0.2, 0.25) is 5.82 Å². The van der Waals surface area contributed by atoms with Crippen LogP contribution in [0.5, 0.6) is 17.2 Å². The molecular weight excluding hydrogens is 358 g/mol. The second-order valence-corrected chi connectivity index (χ2v) is 5.53. The van der Waals surface area contributed by atoms with Crippen molar-refractivity contribution < 1.29 is 18.7 Å². The number of methoxy groups -OCH3 is 2. The summed E-state index contributed by atoms with van der Waals surface area (Å²) in [5.74, 6) is 2.29. The van der Waals surface area contributed by atoms with Crippen LogP contribution >= 0.6 is 11.6 Å². The van der Waals surface area contributed by atoms with Gasteiger partial charge in [0.25, 0.3) is 5.89 Å². The van der Waals surface area contributed by atoms with Crippen molar-refractivity contribution in [2.75, 3.05) is 14.2 Å². The monoisotopic (exact) mass is 371 g/mol. The van der Waals surface area contributed by atoms with Crippen LogP contribution in [0, 0.1) is 11.3 Å². The molecule has 0 fully saturated rings. The molecule has 0 aliphatic heterocycles. The number of benzene rings is 2. The van der Waals surface area contributed by atoms with Crippen LogP contribution in [0.4, 0.5) is 0 Å². The van der Waals surface area contributed by atoms with Gasteiger partial charge >= 0.3 is 0 Å². The molecule has 0 aliphatic rings. The van der Waals surface area contributed by atoms with Gasteiger partial charge in [-0.3, -0.25) is 0 Å². The van der Waals surface area contributed by atoms with Gasteiger partial charge < -0.3 is 18.7 Å². The van der Waals surface area contributed by atoms with Gasteiger partial charge in [-0.2, -0.15) is 10.2 Å². The fourth-order valence-corrected chi connectivity index (χ4v) is 2.47. The summed E-state index contributed by atoms with van der Waals surface area (Å²) in [6.07, 6.45) is 0. The van der Waals surface area contributed by atoms with Gasteiger partial charge in [-0.05, 0) is 36.4 Å². The van der Waals surface area contributed by atoms with Gasteiger partial charge in [0.05, 0.1) is 30.9 Å². The third kappa shape index (κ3) is 3.71. The fourth-order valence-electron chi connectivity index (χ4n) is 2.23. The van der Waals surface area contributed by atoms with Crippen LogP contribution in [0.3, 0.4) is 0 Å². The van der Waals surface area contributed by atoms with Gasteiger partial charge in [-0.15, -0.1) is 0 Å². The lowest BCUT2D eigenvalue weighted by Gasteiger charge is -2.07. The molecule has 26 heavy (non-hydrogen) atoms. The Hall–Kier alpha value is -3.24. The first-order chi connectivity index (χ1) is 12.6. The van der Waals surface area contributed by atoms with Gasteiger partial charge in [0.15, 0.2) is 18.1 Å². The molecule has 1 heterocycles. The molecule has 2 aromatic carbocycles. The van der Waals surface area contributed by atoms with E-state index in [1.54, 1.807) is 44.6 Å². The van der Waals surface area contributed by atoms with E-state index in [4.69, 9.17) is 35.6 Å². The highest BCUT2D eigenvalue weighted by molar-refractivity contribution is 6.32. The molecule has 0 unspecified atom stereocenters. The molecule has 0 atom stereocenters. The highest BCUT2D eigenvalue weighted by Gasteiger charge is 2.13. The van der Waals surface area contributed by atoms with Crippen molar-refractivity contribution in [3.63, 3.8) is 0 Å². The number of nitrogens with zero attached hydrogens (tertiary/aromatic N) is 3. The van der Waals surface area contributed by atoms with Crippen molar-refractivity contribution in [2.24, 2.45) is 0 Å². The summed E-state index contributed by atoms with van der Waals surface area (Å²) in [5.41, 5.74) is 1.17. The molecule has 0 amide bonds. The first-order valence-electron chi connectivity index (χ1n) is 7.52. The van der Waals surface area contributed by atoms with E-state index >= 15 is 0 Å². The molecule has 0 saturated heterocycles. The number of aromatic nitrogens is 2. The van der Waals surface area contributed by atoms with Crippen molar-refractivity contribution in [2.45, 2.75) is 6.61 Å². The molecule has 0 spiro atoms. The molecule has 0 N–H and O–H groups in total. The van der Waals surface area contributed by atoms with Crippen molar-refractivity contribution in [3.8, 4) is 34.7 Å². The van der Waals surface area contributed by atoms with Gasteiger partial charge in [0.1, 0.15) is 5.75 Å². The number of hydrogen-bond donors (Lipinski definition) is 0. The number of nitriles is 1. The Morgan fingerprint density at radius 1 is 1.08 bits per heavy atom. The zero-order valence-corrected chi connectivity index (χ0v) is 14.8.